The minimum absolute atomic E-state index is 0.107. The van der Waals surface area contributed by atoms with Crippen molar-refractivity contribution in [1.82, 2.24) is 4.98 Å². The van der Waals surface area contributed by atoms with E-state index in [4.69, 9.17) is 0 Å². The van der Waals surface area contributed by atoms with Crippen molar-refractivity contribution in [2.24, 2.45) is 0 Å². The van der Waals surface area contributed by atoms with E-state index in [1.807, 2.05) is 0 Å². The molecule has 0 saturated carbocycles. The highest BCUT2D eigenvalue weighted by Crippen LogP contribution is 2.14. The maximum atomic E-state index is 13.4. The normalized spacial score (nSPS) is 11.3. The van der Waals surface area contributed by atoms with Gasteiger partial charge in [-0.05, 0) is 18.2 Å². The van der Waals surface area contributed by atoms with Crippen LogP contribution in [0.4, 0.5) is 14.6 Å². The van der Waals surface area contributed by atoms with E-state index in [9.17, 15) is 17.2 Å². The van der Waals surface area contributed by atoms with E-state index in [1.165, 1.54) is 12.3 Å². The summed E-state index contributed by atoms with van der Waals surface area (Å²) in [4.78, 5) is 3.80. The van der Waals surface area contributed by atoms with E-state index in [2.05, 4.69) is 9.71 Å². The maximum Gasteiger partial charge on any atom is 0.238 e. The van der Waals surface area contributed by atoms with Crippen molar-refractivity contribution in [2.45, 2.75) is 5.75 Å². The summed E-state index contributed by atoms with van der Waals surface area (Å²) in [7, 11) is -3.80. The Bertz CT molecular complexity index is 675. The van der Waals surface area contributed by atoms with Crippen molar-refractivity contribution in [3.63, 3.8) is 0 Å². The van der Waals surface area contributed by atoms with E-state index in [0.717, 1.165) is 12.1 Å². The van der Waals surface area contributed by atoms with E-state index in [-0.39, 0.29) is 11.4 Å². The summed E-state index contributed by atoms with van der Waals surface area (Å²) in [5.74, 6) is -2.09. The third-order valence-electron chi connectivity index (χ3n) is 2.29. The first-order chi connectivity index (χ1) is 8.96. The summed E-state index contributed by atoms with van der Waals surface area (Å²) < 4.78 is 51.9. The van der Waals surface area contributed by atoms with E-state index >= 15 is 0 Å². The Morgan fingerprint density at radius 2 is 1.95 bits per heavy atom. The molecule has 7 heteroatoms. The summed E-state index contributed by atoms with van der Waals surface area (Å²) in [5, 5.41) is 0. The van der Waals surface area contributed by atoms with Gasteiger partial charge in [-0.3, -0.25) is 4.72 Å². The molecule has 0 radical (unpaired) electrons. The summed E-state index contributed by atoms with van der Waals surface area (Å²) in [6, 6.07) is 7.47. The fourth-order valence-electron chi connectivity index (χ4n) is 1.46. The predicted molar refractivity (Wildman–Crippen MR) is 66.8 cm³/mol. The minimum atomic E-state index is -3.80. The summed E-state index contributed by atoms with van der Waals surface area (Å²) in [6.45, 7) is 0. The molecule has 1 aromatic carbocycles. The molecule has 0 fully saturated rings. The van der Waals surface area contributed by atoms with Gasteiger partial charge in [0.15, 0.2) is 0 Å². The Balaban J connectivity index is 2.17. The smallest absolute Gasteiger partial charge is 0.238 e. The fraction of sp³-hybridized carbons (Fsp3) is 0.0833. The highest BCUT2D eigenvalue weighted by molar-refractivity contribution is 7.91. The molecule has 100 valence electrons. The lowest BCUT2D eigenvalue weighted by Gasteiger charge is -2.07. The van der Waals surface area contributed by atoms with Gasteiger partial charge < -0.3 is 0 Å². The molecule has 0 aliphatic carbocycles. The zero-order valence-corrected chi connectivity index (χ0v) is 10.5. The Hall–Kier alpha value is -2.02. The van der Waals surface area contributed by atoms with Gasteiger partial charge in [0.05, 0.1) is 5.75 Å². The standard InChI is InChI=1S/C12H10F2N2O2S/c13-10-5-4-9(11(14)7-10)8-19(17,18)16-12-3-1-2-6-15-12/h1-7H,8H2,(H,15,16). The first-order valence-electron chi connectivity index (χ1n) is 5.32. The number of rotatable bonds is 4. The third-order valence-corrected chi connectivity index (χ3v) is 3.50. The second kappa shape index (κ2) is 5.31. The van der Waals surface area contributed by atoms with Crippen molar-refractivity contribution in [3.8, 4) is 0 Å². The first kappa shape index (κ1) is 13.4. The molecule has 0 spiro atoms. The van der Waals surface area contributed by atoms with Crippen LogP contribution in [0.5, 0.6) is 0 Å². The van der Waals surface area contributed by atoms with Crippen LogP contribution in [0.2, 0.25) is 0 Å². The molecule has 1 N–H and O–H groups in total. The number of benzene rings is 1. The first-order valence-corrected chi connectivity index (χ1v) is 6.97. The Morgan fingerprint density at radius 3 is 2.58 bits per heavy atom. The average molecular weight is 284 g/mol. The number of sulfonamides is 1. The van der Waals surface area contributed by atoms with Gasteiger partial charge in [-0.1, -0.05) is 12.1 Å². The van der Waals surface area contributed by atoms with Crippen LogP contribution >= 0.6 is 0 Å². The van der Waals surface area contributed by atoms with E-state index < -0.39 is 27.4 Å². The zero-order chi connectivity index (χ0) is 13.9. The van der Waals surface area contributed by atoms with Crippen LogP contribution in [-0.4, -0.2) is 13.4 Å². The number of pyridine rings is 1. The van der Waals surface area contributed by atoms with Gasteiger partial charge in [0, 0.05) is 17.8 Å². The number of halogens is 2. The molecule has 19 heavy (non-hydrogen) atoms. The van der Waals surface area contributed by atoms with E-state index in [0.29, 0.717) is 6.07 Å². The quantitative estimate of drug-likeness (QED) is 0.937. The van der Waals surface area contributed by atoms with Crippen molar-refractivity contribution >= 4 is 15.8 Å². The Labute approximate surface area is 109 Å². The van der Waals surface area contributed by atoms with Crippen LogP contribution < -0.4 is 4.72 Å². The molecular formula is C12H10F2N2O2S. The van der Waals surface area contributed by atoms with Gasteiger partial charge in [0.2, 0.25) is 10.0 Å². The van der Waals surface area contributed by atoms with Crippen LogP contribution in [0.1, 0.15) is 5.56 Å². The molecule has 0 atom stereocenters. The molecule has 0 amide bonds. The number of anilines is 1. The lowest BCUT2D eigenvalue weighted by Crippen LogP contribution is -2.16. The lowest BCUT2D eigenvalue weighted by atomic mass is 10.2. The second-order valence-electron chi connectivity index (χ2n) is 3.81. The van der Waals surface area contributed by atoms with Crippen LogP contribution in [0.25, 0.3) is 0 Å². The van der Waals surface area contributed by atoms with Gasteiger partial charge in [0.1, 0.15) is 17.5 Å². The monoisotopic (exact) mass is 284 g/mol. The molecular weight excluding hydrogens is 274 g/mol. The minimum Gasteiger partial charge on any atom is -0.267 e. The summed E-state index contributed by atoms with van der Waals surface area (Å²) >= 11 is 0. The molecule has 0 aliphatic rings. The molecule has 2 aromatic rings. The molecule has 4 nitrogen and oxygen atoms in total. The van der Waals surface area contributed by atoms with Gasteiger partial charge in [-0.2, -0.15) is 0 Å². The van der Waals surface area contributed by atoms with Crippen molar-refractivity contribution < 1.29 is 17.2 Å². The highest BCUT2D eigenvalue weighted by atomic mass is 32.2. The predicted octanol–water partition coefficient (Wildman–Crippen LogP) is 2.30. The zero-order valence-electron chi connectivity index (χ0n) is 9.68. The SMILES string of the molecule is O=S(=O)(Cc1ccc(F)cc1F)Nc1ccccn1. The number of nitrogens with zero attached hydrogens (tertiary/aromatic N) is 1. The summed E-state index contributed by atoms with van der Waals surface area (Å²) in [5.41, 5.74) is -0.107. The Morgan fingerprint density at radius 1 is 1.16 bits per heavy atom. The van der Waals surface area contributed by atoms with Crippen LogP contribution in [0.3, 0.4) is 0 Å². The van der Waals surface area contributed by atoms with Crippen molar-refractivity contribution in [2.75, 3.05) is 4.72 Å². The summed E-state index contributed by atoms with van der Waals surface area (Å²) in [6.07, 6.45) is 1.43. The highest BCUT2D eigenvalue weighted by Gasteiger charge is 2.15. The lowest BCUT2D eigenvalue weighted by molar-refractivity contribution is 0.570. The fourth-order valence-corrected chi connectivity index (χ4v) is 2.62. The van der Waals surface area contributed by atoms with Gasteiger partial charge >= 0.3 is 0 Å². The molecule has 0 bridgehead atoms. The molecule has 2 rings (SSSR count). The maximum absolute atomic E-state index is 13.4. The van der Waals surface area contributed by atoms with Crippen molar-refractivity contribution in [1.29, 1.82) is 0 Å². The number of nitrogens with one attached hydrogen (secondary N) is 1. The molecule has 0 unspecified atom stereocenters. The van der Waals surface area contributed by atoms with Crippen LogP contribution in [0.15, 0.2) is 42.6 Å². The second-order valence-corrected chi connectivity index (χ2v) is 5.53. The van der Waals surface area contributed by atoms with Crippen LogP contribution in [-0.2, 0) is 15.8 Å². The van der Waals surface area contributed by atoms with E-state index in [1.54, 1.807) is 12.1 Å². The van der Waals surface area contributed by atoms with Crippen LogP contribution in [0, 0.1) is 11.6 Å². The molecule has 1 aromatic heterocycles. The topological polar surface area (TPSA) is 59.1 Å². The number of hydrogen-bond acceptors (Lipinski definition) is 3. The average Bonchev–Trinajstić information content (AvgIpc) is 2.33. The molecule has 1 heterocycles. The number of hydrogen-bond donors (Lipinski definition) is 1. The van der Waals surface area contributed by atoms with Crippen molar-refractivity contribution in [3.05, 3.63) is 59.8 Å². The molecule has 0 saturated heterocycles. The molecule has 0 aliphatic heterocycles. The Kier molecular flexibility index (Phi) is 3.75. The van der Waals surface area contributed by atoms with Gasteiger partial charge in [-0.25, -0.2) is 22.2 Å². The van der Waals surface area contributed by atoms with Gasteiger partial charge in [-0.15, -0.1) is 0 Å². The number of aromatic nitrogens is 1. The third kappa shape index (κ3) is 3.72. The largest absolute Gasteiger partial charge is 0.267 e. The van der Waals surface area contributed by atoms with Gasteiger partial charge in [0.25, 0.3) is 0 Å².